The molecule has 0 amide bonds. The Labute approximate surface area is 77.5 Å². The molecule has 1 N–H and O–H groups in total. The van der Waals surface area contributed by atoms with E-state index < -0.39 is 0 Å². The number of hydrogen-bond donors (Lipinski definition) is 1. The fraction of sp³-hybridized carbons (Fsp3) is 0.600. The summed E-state index contributed by atoms with van der Waals surface area (Å²) in [4.78, 5) is 12.0. The molecule has 3 nitrogen and oxygen atoms in total. The first kappa shape index (κ1) is 8.48. The van der Waals surface area contributed by atoms with Crippen molar-refractivity contribution < 1.29 is 4.79 Å². The molecule has 1 heterocycles. The molecule has 1 aliphatic rings. The van der Waals surface area contributed by atoms with Crippen LogP contribution >= 0.6 is 0 Å². The minimum Gasteiger partial charge on any atom is -0.293 e. The van der Waals surface area contributed by atoms with Crippen LogP contribution in [0.15, 0.2) is 0 Å². The summed E-state index contributed by atoms with van der Waals surface area (Å²) in [5.74, 6) is 0.236. The van der Waals surface area contributed by atoms with Gasteiger partial charge in [0.05, 0.1) is 11.3 Å². The lowest BCUT2D eigenvalue weighted by molar-refractivity contribution is 0.0810. The second kappa shape index (κ2) is 2.44. The second-order valence-electron chi connectivity index (χ2n) is 4.38. The average Bonchev–Trinajstić information content (AvgIpc) is 2.41. The number of nitrogens with one attached hydrogen (secondary N) is 1. The van der Waals surface area contributed by atoms with E-state index in [4.69, 9.17) is 0 Å². The van der Waals surface area contributed by atoms with Crippen molar-refractivity contribution in [2.75, 3.05) is 0 Å². The van der Waals surface area contributed by atoms with Crippen molar-refractivity contribution in [3.8, 4) is 0 Å². The molecule has 2 rings (SSSR count). The van der Waals surface area contributed by atoms with Crippen LogP contribution in [-0.2, 0) is 6.42 Å². The fourth-order valence-corrected chi connectivity index (χ4v) is 1.85. The van der Waals surface area contributed by atoms with Gasteiger partial charge in [-0.05, 0) is 19.8 Å². The number of H-pyrrole nitrogens is 1. The molecular formula is C10H14N2O. The van der Waals surface area contributed by atoms with Crippen LogP contribution < -0.4 is 0 Å². The Morgan fingerprint density at radius 2 is 2.15 bits per heavy atom. The predicted octanol–water partition coefficient (Wildman–Crippen LogP) is 1.87. The number of ketones is 1. The number of Topliss-reactive ketones (excluding diaryl/α,β-unsaturated/α-hetero) is 1. The maximum atomic E-state index is 12.0. The van der Waals surface area contributed by atoms with E-state index in [0.717, 1.165) is 29.8 Å². The van der Waals surface area contributed by atoms with Crippen molar-refractivity contribution in [2.45, 2.75) is 33.6 Å². The molecule has 0 radical (unpaired) electrons. The Balaban J connectivity index is 2.55. The minimum atomic E-state index is -0.207. The Morgan fingerprint density at radius 1 is 1.46 bits per heavy atom. The number of fused-ring (bicyclic) bond motifs is 1. The van der Waals surface area contributed by atoms with E-state index in [0.29, 0.717) is 0 Å². The average molecular weight is 178 g/mol. The normalized spacial score (nSPS) is 20.1. The van der Waals surface area contributed by atoms with E-state index in [1.165, 1.54) is 0 Å². The minimum absolute atomic E-state index is 0.207. The molecule has 0 atom stereocenters. The summed E-state index contributed by atoms with van der Waals surface area (Å²) < 4.78 is 0. The van der Waals surface area contributed by atoms with Crippen molar-refractivity contribution in [3.63, 3.8) is 0 Å². The van der Waals surface area contributed by atoms with Crippen LogP contribution in [0.2, 0.25) is 0 Å². The second-order valence-corrected chi connectivity index (χ2v) is 4.38. The zero-order chi connectivity index (χ0) is 9.64. The Hall–Kier alpha value is -1.12. The van der Waals surface area contributed by atoms with E-state index in [1.807, 2.05) is 20.8 Å². The topological polar surface area (TPSA) is 45.8 Å². The van der Waals surface area contributed by atoms with Gasteiger partial charge in [-0.15, -0.1) is 0 Å². The van der Waals surface area contributed by atoms with Gasteiger partial charge in [-0.25, -0.2) is 0 Å². The summed E-state index contributed by atoms with van der Waals surface area (Å²) in [7, 11) is 0. The number of aromatic amines is 1. The molecule has 0 saturated carbocycles. The molecule has 0 aliphatic heterocycles. The van der Waals surface area contributed by atoms with E-state index in [1.54, 1.807) is 0 Å². The number of nitrogens with zero attached hydrogens (tertiary/aromatic N) is 1. The van der Waals surface area contributed by atoms with Gasteiger partial charge in [0.15, 0.2) is 5.78 Å². The molecule has 0 unspecified atom stereocenters. The number of carbonyl (C=O) groups is 1. The monoisotopic (exact) mass is 178 g/mol. The molecule has 0 spiro atoms. The van der Waals surface area contributed by atoms with Crippen LogP contribution in [0, 0.1) is 12.3 Å². The summed E-state index contributed by atoms with van der Waals surface area (Å²) in [5, 5.41) is 6.99. The third kappa shape index (κ3) is 1.10. The van der Waals surface area contributed by atoms with Crippen molar-refractivity contribution in [1.82, 2.24) is 10.2 Å². The number of aryl methyl sites for hydroxylation is 2. The van der Waals surface area contributed by atoms with E-state index in [2.05, 4.69) is 10.2 Å². The van der Waals surface area contributed by atoms with Crippen molar-refractivity contribution in [2.24, 2.45) is 5.41 Å². The lowest BCUT2D eigenvalue weighted by Crippen LogP contribution is -2.30. The van der Waals surface area contributed by atoms with Gasteiger partial charge in [-0.1, -0.05) is 13.8 Å². The predicted molar refractivity (Wildman–Crippen MR) is 49.8 cm³/mol. The summed E-state index contributed by atoms with van der Waals surface area (Å²) in [6, 6.07) is 0. The first-order chi connectivity index (χ1) is 6.02. The summed E-state index contributed by atoms with van der Waals surface area (Å²) in [5.41, 5.74) is 2.48. The fourth-order valence-electron chi connectivity index (χ4n) is 1.85. The first-order valence-electron chi connectivity index (χ1n) is 4.61. The SMILES string of the molecule is Cc1n[nH]c2c1C(=O)C(C)(C)CC2. The lowest BCUT2D eigenvalue weighted by atomic mass is 9.75. The molecule has 0 fully saturated rings. The van der Waals surface area contributed by atoms with Gasteiger partial charge in [-0.2, -0.15) is 5.10 Å². The quantitative estimate of drug-likeness (QED) is 0.659. The molecular weight excluding hydrogens is 164 g/mol. The Morgan fingerprint density at radius 3 is 2.85 bits per heavy atom. The number of rotatable bonds is 0. The van der Waals surface area contributed by atoms with Gasteiger partial charge in [0.2, 0.25) is 0 Å². The van der Waals surface area contributed by atoms with E-state index in [9.17, 15) is 4.79 Å². The third-order valence-corrected chi connectivity index (χ3v) is 2.86. The summed E-state index contributed by atoms with van der Waals surface area (Å²) in [6.45, 7) is 5.89. The van der Waals surface area contributed by atoms with Crippen LogP contribution in [0.1, 0.15) is 42.0 Å². The van der Waals surface area contributed by atoms with Crippen LogP contribution in [0.5, 0.6) is 0 Å². The molecule has 0 bridgehead atoms. The van der Waals surface area contributed by atoms with Crippen molar-refractivity contribution in [3.05, 3.63) is 17.0 Å². The molecule has 70 valence electrons. The van der Waals surface area contributed by atoms with Gasteiger partial charge in [-0.3, -0.25) is 9.89 Å². The Bertz CT molecular complexity index is 363. The standard InChI is InChI=1S/C10H14N2O/c1-6-8-7(12-11-6)4-5-10(2,3)9(8)13/h4-5H2,1-3H3,(H,11,12). The van der Waals surface area contributed by atoms with Gasteiger partial charge in [0.1, 0.15) is 0 Å². The van der Waals surface area contributed by atoms with Crippen molar-refractivity contribution >= 4 is 5.78 Å². The lowest BCUT2D eigenvalue weighted by Gasteiger charge is -2.27. The zero-order valence-electron chi connectivity index (χ0n) is 8.27. The molecule has 3 heteroatoms. The summed E-state index contributed by atoms with van der Waals surface area (Å²) in [6.07, 6.45) is 1.86. The molecule has 1 aromatic heterocycles. The smallest absolute Gasteiger partial charge is 0.172 e. The number of carbonyl (C=O) groups excluding carboxylic acids is 1. The largest absolute Gasteiger partial charge is 0.293 e. The molecule has 1 aliphatic carbocycles. The Kier molecular flexibility index (Phi) is 1.59. The first-order valence-corrected chi connectivity index (χ1v) is 4.61. The summed E-state index contributed by atoms with van der Waals surface area (Å²) >= 11 is 0. The maximum absolute atomic E-state index is 12.0. The highest BCUT2D eigenvalue weighted by Crippen LogP contribution is 2.34. The van der Waals surface area contributed by atoms with Gasteiger partial charge < -0.3 is 0 Å². The van der Waals surface area contributed by atoms with Crippen LogP contribution in [0.3, 0.4) is 0 Å². The van der Waals surface area contributed by atoms with Gasteiger partial charge in [0.25, 0.3) is 0 Å². The van der Waals surface area contributed by atoms with Crippen LogP contribution in [0.4, 0.5) is 0 Å². The third-order valence-electron chi connectivity index (χ3n) is 2.86. The molecule has 1 aromatic rings. The van der Waals surface area contributed by atoms with Crippen molar-refractivity contribution in [1.29, 1.82) is 0 Å². The van der Waals surface area contributed by atoms with Crippen LogP contribution in [0.25, 0.3) is 0 Å². The zero-order valence-corrected chi connectivity index (χ0v) is 8.27. The maximum Gasteiger partial charge on any atom is 0.172 e. The number of hydrogen-bond acceptors (Lipinski definition) is 2. The number of aromatic nitrogens is 2. The van der Waals surface area contributed by atoms with E-state index in [-0.39, 0.29) is 11.2 Å². The van der Waals surface area contributed by atoms with Gasteiger partial charge in [0, 0.05) is 11.1 Å². The highest BCUT2D eigenvalue weighted by Gasteiger charge is 2.36. The van der Waals surface area contributed by atoms with Crippen LogP contribution in [-0.4, -0.2) is 16.0 Å². The highest BCUT2D eigenvalue weighted by molar-refractivity contribution is 6.02. The van der Waals surface area contributed by atoms with E-state index >= 15 is 0 Å². The molecule has 0 aromatic carbocycles. The van der Waals surface area contributed by atoms with Gasteiger partial charge >= 0.3 is 0 Å². The molecule has 13 heavy (non-hydrogen) atoms. The highest BCUT2D eigenvalue weighted by atomic mass is 16.1. The molecule has 0 saturated heterocycles.